The second-order valence-corrected chi connectivity index (χ2v) is 3.60. The molecule has 1 aliphatic rings. The highest BCUT2D eigenvalue weighted by Gasteiger charge is 2.21. The summed E-state index contributed by atoms with van der Waals surface area (Å²) in [6.45, 7) is 6.22. The SMILES string of the molecule is [CH2]CCC1CCC(CC)C1. The van der Waals surface area contributed by atoms with Crippen LogP contribution in [0.1, 0.15) is 45.4 Å². The summed E-state index contributed by atoms with van der Waals surface area (Å²) in [7, 11) is 0. The number of hydrogen-bond donors (Lipinski definition) is 0. The lowest BCUT2D eigenvalue weighted by atomic mass is 9.99. The largest absolute Gasteiger partial charge is 0.0651 e. The highest BCUT2D eigenvalue weighted by atomic mass is 14.3. The van der Waals surface area contributed by atoms with E-state index < -0.39 is 0 Å². The lowest BCUT2D eigenvalue weighted by Gasteiger charge is -2.07. The summed E-state index contributed by atoms with van der Waals surface area (Å²) in [6.07, 6.45) is 8.37. The van der Waals surface area contributed by atoms with E-state index in [1.54, 1.807) is 0 Å². The van der Waals surface area contributed by atoms with Gasteiger partial charge in [-0.15, -0.1) is 0 Å². The van der Waals surface area contributed by atoms with Crippen LogP contribution < -0.4 is 0 Å². The van der Waals surface area contributed by atoms with E-state index in [9.17, 15) is 0 Å². The van der Waals surface area contributed by atoms with Crippen molar-refractivity contribution in [1.29, 1.82) is 0 Å². The zero-order valence-corrected chi connectivity index (χ0v) is 7.10. The Labute approximate surface area is 65.0 Å². The molecule has 1 fully saturated rings. The molecule has 0 heterocycles. The highest BCUT2D eigenvalue weighted by molar-refractivity contribution is 4.74. The Balaban J connectivity index is 2.15. The molecule has 0 spiro atoms. The Morgan fingerprint density at radius 2 is 2.00 bits per heavy atom. The molecule has 10 heavy (non-hydrogen) atoms. The second kappa shape index (κ2) is 4.00. The van der Waals surface area contributed by atoms with Crippen LogP contribution in [0.3, 0.4) is 0 Å². The van der Waals surface area contributed by atoms with Gasteiger partial charge in [-0.25, -0.2) is 0 Å². The zero-order valence-electron chi connectivity index (χ0n) is 7.10. The quantitative estimate of drug-likeness (QED) is 0.562. The molecule has 2 atom stereocenters. The second-order valence-electron chi connectivity index (χ2n) is 3.60. The predicted octanol–water partition coefficient (Wildman–Crippen LogP) is 3.43. The summed E-state index contributed by atoms with van der Waals surface area (Å²) in [5.41, 5.74) is 0. The zero-order chi connectivity index (χ0) is 7.40. The molecule has 0 aromatic carbocycles. The van der Waals surface area contributed by atoms with E-state index in [1.165, 1.54) is 32.1 Å². The molecule has 0 aromatic rings. The van der Waals surface area contributed by atoms with Gasteiger partial charge in [-0.1, -0.05) is 46.0 Å². The Morgan fingerprint density at radius 1 is 1.30 bits per heavy atom. The Hall–Kier alpha value is 0. The van der Waals surface area contributed by atoms with Crippen molar-refractivity contribution in [3.63, 3.8) is 0 Å². The van der Waals surface area contributed by atoms with Gasteiger partial charge in [-0.05, 0) is 18.3 Å². The van der Waals surface area contributed by atoms with E-state index in [1.807, 2.05) is 0 Å². The molecule has 1 rings (SSSR count). The van der Waals surface area contributed by atoms with Crippen molar-refractivity contribution < 1.29 is 0 Å². The Morgan fingerprint density at radius 3 is 2.50 bits per heavy atom. The molecule has 0 bridgehead atoms. The van der Waals surface area contributed by atoms with Gasteiger partial charge >= 0.3 is 0 Å². The molecule has 1 aliphatic carbocycles. The molecule has 0 nitrogen and oxygen atoms in total. The maximum Gasteiger partial charge on any atom is -0.0412 e. The molecular formula is C10H19. The third-order valence-corrected chi connectivity index (χ3v) is 2.84. The fraction of sp³-hybridized carbons (Fsp3) is 0.900. The maximum atomic E-state index is 3.90. The van der Waals surface area contributed by atoms with Gasteiger partial charge in [0.25, 0.3) is 0 Å². The standard InChI is InChI=1S/C10H19/c1-3-5-10-7-6-9(4-2)8-10/h9-10H,1,3-8H2,2H3. The molecule has 0 aliphatic heterocycles. The van der Waals surface area contributed by atoms with Crippen molar-refractivity contribution >= 4 is 0 Å². The van der Waals surface area contributed by atoms with Gasteiger partial charge in [0.05, 0.1) is 0 Å². The predicted molar refractivity (Wildman–Crippen MR) is 45.7 cm³/mol. The minimum absolute atomic E-state index is 1.03. The van der Waals surface area contributed by atoms with Crippen LogP contribution >= 0.6 is 0 Å². The first-order chi connectivity index (χ1) is 4.86. The molecule has 0 heteroatoms. The molecule has 0 saturated heterocycles. The van der Waals surface area contributed by atoms with E-state index in [2.05, 4.69) is 13.8 Å². The molecule has 0 amide bonds. The van der Waals surface area contributed by atoms with Crippen LogP contribution in [-0.2, 0) is 0 Å². The van der Waals surface area contributed by atoms with E-state index in [0.29, 0.717) is 0 Å². The highest BCUT2D eigenvalue weighted by Crippen LogP contribution is 2.35. The molecule has 59 valence electrons. The van der Waals surface area contributed by atoms with E-state index in [0.717, 1.165) is 18.3 Å². The van der Waals surface area contributed by atoms with Crippen LogP contribution in [0.4, 0.5) is 0 Å². The van der Waals surface area contributed by atoms with Gasteiger partial charge in [0.15, 0.2) is 0 Å². The summed E-state index contributed by atoms with van der Waals surface area (Å²) in [5.74, 6) is 2.08. The molecule has 0 N–H and O–H groups in total. The lowest BCUT2D eigenvalue weighted by Crippen LogP contribution is -1.94. The fourth-order valence-electron chi connectivity index (χ4n) is 2.10. The number of hydrogen-bond acceptors (Lipinski definition) is 0. The fourth-order valence-corrected chi connectivity index (χ4v) is 2.10. The molecule has 1 saturated carbocycles. The smallest absolute Gasteiger partial charge is 0.0412 e. The molecular weight excluding hydrogens is 120 g/mol. The van der Waals surface area contributed by atoms with Crippen LogP contribution in [0.15, 0.2) is 0 Å². The van der Waals surface area contributed by atoms with Gasteiger partial charge in [-0.2, -0.15) is 0 Å². The van der Waals surface area contributed by atoms with Crippen molar-refractivity contribution in [2.45, 2.75) is 45.4 Å². The first kappa shape index (κ1) is 8.10. The minimum Gasteiger partial charge on any atom is -0.0651 e. The van der Waals surface area contributed by atoms with Crippen molar-refractivity contribution in [1.82, 2.24) is 0 Å². The van der Waals surface area contributed by atoms with Crippen molar-refractivity contribution in [3.05, 3.63) is 6.92 Å². The molecule has 0 aromatic heterocycles. The minimum atomic E-state index is 1.03. The number of rotatable bonds is 3. The summed E-state index contributed by atoms with van der Waals surface area (Å²) in [5, 5.41) is 0. The Kier molecular flexibility index (Phi) is 3.24. The third kappa shape index (κ3) is 2.00. The van der Waals surface area contributed by atoms with Crippen molar-refractivity contribution in [2.24, 2.45) is 11.8 Å². The Bertz CT molecular complexity index is 86.0. The summed E-state index contributed by atoms with van der Waals surface area (Å²) in [6, 6.07) is 0. The van der Waals surface area contributed by atoms with E-state index in [4.69, 9.17) is 0 Å². The molecule has 1 radical (unpaired) electrons. The topological polar surface area (TPSA) is 0 Å². The van der Waals surface area contributed by atoms with Crippen molar-refractivity contribution in [2.75, 3.05) is 0 Å². The summed E-state index contributed by atoms with van der Waals surface area (Å²) >= 11 is 0. The monoisotopic (exact) mass is 139 g/mol. The first-order valence-corrected chi connectivity index (χ1v) is 4.66. The average Bonchev–Trinajstić information content (AvgIpc) is 2.37. The first-order valence-electron chi connectivity index (χ1n) is 4.66. The molecule has 2 unspecified atom stereocenters. The lowest BCUT2D eigenvalue weighted by molar-refractivity contribution is 0.460. The van der Waals surface area contributed by atoms with Crippen LogP contribution in [0, 0.1) is 18.8 Å². The third-order valence-electron chi connectivity index (χ3n) is 2.84. The maximum absolute atomic E-state index is 3.90. The normalized spacial score (nSPS) is 33.0. The van der Waals surface area contributed by atoms with Crippen LogP contribution in [0.2, 0.25) is 0 Å². The van der Waals surface area contributed by atoms with Crippen LogP contribution in [0.25, 0.3) is 0 Å². The van der Waals surface area contributed by atoms with Crippen molar-refractivity contribution in [3.8, 4) is 0 Å². The van der Waals surface area contributed by atoms with Crippen LogP contribution in [0.5, 0.6) is 0 Å². The van der Waals surface area contributed by atoms with Gasteiger partial charge in [0.1, 0.15) is 0 Å². The van der Waals surface area contributed by atoms with Gasteiger partial charge in [0.2, 0.25) is 0 Å². The van der Waals surface area contributed by atoms with Gasteiger partial charge in [-0.3, -0.25) is 0 Å². The van der Waals surface area contributed by atoms with Crippen LogP contribution in [-0.4, -0.2) is 0 Å². The average molecular weight is 139 g/mol. The van der Waals surface area contributed by atoms with Gasteiger partial charge < -0.3 is 0 Å². The van der Waals surface area contributed by atoms with E-state index >= 15 is 0 Å². The summed E-state index contributed by atoms with van der Waals surface area (Å²) in [4.78, 5) is 0. The van der Waals surface area contributed by atoms with E-state index in [-0.39, 0.29) is 0 Å². The van der Waals surface area contributed by atoms with Gasteiger partial charge in [0, 0.05) is 0 Å². The summed E-state index contributed by atoms with van der Waals surface area (Å²) < 4.78 is 0.